The molecule has 0 unspecified atom stereocenters. The van der Waals surface area contributed by atoms with Gasteiger partial charge in [0.15, 0.2) is 0 Å². The van der Waals surface area contributed by atoms with Crippen LogP contribution in [0.15, 0.2) is 0 Å². The number of rotatable bonds is 3. The Morgan fingerprint density at radius 1 is 1.31 bits per heavy atom. The average molecular weight is 241 g/mol. The summed E-state index contributed by atoms with van der Waals surface area (Å²) in [5, 5.41) is 33.5. The first-order valence-corrected chi connectivity index (χ1v) is 4.04. The van der Waals surface area contributed by atoms with Crippen molar-refractivity contribution in [3.63, 3.8) is 0 Å². The van der Waals surface area contributed by atoms with E-state index in [4.69, 9.17) is 20.6 Å². The van der Waals surface area contributed by atoms with Crippen LogP contribution in [-0.2, 0) is 14.5 Å². The number of hydrogen-bond acceptors (Lipinski definition) is 7. The van der Waals surface area contributed by atoms with Gasteiger partial charge in [0, 0.05) is 0 Å². The molecule has 0 atom stereocenters. The molecule has 0 fully saturated rings. The third-order valence-electron chi connectivity index (χ3n) is 1.47. The fraction of sp³-hybridized carbons (Fsp3) is 0.714. The maximum absolute atomic E-state index is 10.5. The van der Waals surface area contributed by atoms with Gasteiger partial charge in [-0.2, -0.15) is 5.26 Å². The molecule has 0 heterocycles. The van der Waals surface area contributed by atoms with E-state index < -0.39 is 22.3 Å². The maximum Gasteiger partial charge on any atom is 0.463 e. The van der Waals surface area contributed by atoms with E-state index in [9.17, 15) is 9.59 Å². The number of quaternary nitrogens is 1. The lowest BCUT2D eigenvalue weighted by Gasteiger charge is -2.33. The number of carbonyl (C=O) groups is 2. The summed E-state index contributed by atoms with van der Waals surface area (Å²) < 4.78 is -0.480. The van der Waals surface area contributed by atoms with Crippen LogP contribution in [-0.4, -0.2) is 70.6 Å². The molecule has 0 spiro atoms. The summed E-state index contributed by atoms with van der Waals surface area (Å²) in [7, 11) is 4.07. The van der Waals surface area contributed by atoms with Crippen LogP contribution < -0.4 is 5.73 Å². The summed E-state index contributed by atoms with van der Waals surface area (Å²) in [4.78, 5) is 22.9. The summed E-state index contributed by atoms with van der Waals surface area (Å²) in [6, 6.07) is 0. The molecule has 0 aliphatic heterocycles. The molecule has 9 nitrogen and oxygen atoms in total. The number of hydrogen-bond donors (Lipinski definition) is 5. The Morgan fingerprint density at radius 2 is 1.62 bits per heavy atom. The van der Waals surface area contributed by atoms with Gasteiger partial charge in [-0.15, -0.1) is 0 Å². The molecule has 0 aliphatic carbocycles. The lowest BCUT2D eigenvalue weighted by molar-refractivity contribution is -0.966. The van der Waals surface area contributed by atoms with Crippen LogP contribution >= 0.6 is 0 Å². The highest BCUT2D eigenvalue weighted by molar-refractivity contribution is 5.74. The number of aliphatic carboxylic acids is 1. The van der Waals surface area contributed by atoms with E-state index in [1.165, 1.54) is 21.1 Å². The van der Waals surface area contributed by atoms with Crippen LogP contribution in [0.5, 0.6) is 0 Å². The van der Waals surface area contributed by atoms with Crippen LogP contribution in [0.3, 0.4) is 0 Å². The molecule has 0 amide bonds. The zero-order valence-electron chi connectivity index (χ0n) is 9.25. The molecule has 0 bridgehead atoms. The average Bonchev–Trinajstić information content (AvgIpc) is 2.15. The summed E-state index contributed by atoms with van der Waals surface area (Å²) in [6.45, 7) is -0.278. The molecule has 0 aromatic rings. The molecule has 9 heteroatoms. The fourth-order valence-electron chi connectivity index (χ4n) is 0.335. The SMILES string of the molecule is C[N+](C)(C)C(O)(O)C(=O)OO.NCC(=O)O. The van der Waals surface area contributed by atoms with Gasteiger partial charge in [-0.1, -0.05) is 0 Å². The lowest BCUT2D eigenvalue weighted by Crippen LogP contribution is -2.62. The van der Waals surface area contributed by atoms with E-state index >= 15 is 0 Å². The van der Waals surface area contributed by atoms with Gasteiger partial charge in [-0.05, 0) is 0 Å². The molecule has 0 aromatic carbocycles. The Bertz CT molecular complexity index is 246. The molecule has 16 heavy (non-hydrogen) atoms. The highest BCUT2D eigenvalue weighted by Gasteiger charge is 2.50. The van der Waals surface area contributed by atoms with E-state index in [-0.39, 0.29) is 6.54 Å². The minimum absolute atomic E-state index is 0.278. The lowest BCUT2D eigenvalue weighted by atomic mass is 10.4. The summed E-state index contributed by atoms with van der Waals surface area (Å²) in [5.74, 6) is -5.20. The van der Waals surface area contributed by atoms with Gasteiger partial charge in [0.1, 0.15) is 0 Å². The molecule has 0 rings (SSSR count). The van der Waals surface area contributed by atoms with Crippen molar-refractivity contribution < 1.29 is 39.5 Å². The molecule has 6 N–H and O–H groups in total. The second-order valence-corrected chi connectivity index (χ2v) is 3.62. The number of carbonyl (C=O) groups excluding carboxylic acids is 1. The molecule has 0 radical (unpaired) electrons. The molecular weight excluding hydrogens is 224 g/mol. The topological polar surface area (TPSA) is 150 Å². The number of nitrogens with zero attached hydrogens (tertiary/aromatic N) is 1. The second kappa shape index (κ2) is 6.35. The van der Waals surface area contributed by atoms with E-state index in [1.807, 2.05) is 0 Å². The predicted molar refractivity (Wildman–Crippen MR) is 50.6 cm³/mol. The molecule has 0 saturated carbocycles. The van der Waals surface area contributed by atoms with E-state index in [0.29, 0.717) is 0 Å². The summed E-state index contributed by atoms with van der Waals surface area (Å²) in [5.41, 5.74) is 4.57. The van der Waals surface area contributed by atoms with Crippen LogP contribution in [0.1, 0.15) is 0 Å². The minimum Gasteiger partial charge on any atom is -0.480 e. The van der Waals surface area contributed by atoms with Crippen molar-refractivity contribution in [3.8, 4) is 0 Å². The Hall–Kier alpha value is -1.26. The summed E-state index contributed by atoms with van der Waals surface area (Å²) in [6.07, 6.45) is 0. The first-order valence-electron chi connectivity index (χ1n) is 4.04. The van der Waals surface area contributed by atoms with Crippen molar-refractivity contribution in [2.24, 2.45) is 5.73 Å². The largest absolute Gasteiger partial charge is 0.480 e. The van der Waals surface area contributed by atoms with Crippen LogP contribution in [0, 0.1) is 0 Å². The number of nitrogens with two attached hydrogens (primary N) is 1. The highest BCUT2D eigenvalue weighted by Crippen LogP contribution is 2.12. The van der Waals surface area contributed by atoms with E-state index in [2.05, 4.69) is 10.6 Å². The molecular formula is C7H17N2O7+. The Balaban J connectivity index is 0. The predicted octanol–water partition coefficient (Wildman–Crippen LogP) is -2.62. The molecule has 96 valence electrons. The van der Waals surface area contributed by atoms with Crippen LogP contribution in [0.4, 0.5) is 0 Å². The number of aliphatic hydroxyl groups is 2. The molecule has 0 saturated heterocycles. The molecule has 0 aliphatic rings. The minimum atomic E-state index is -2.73. The van der Waals surface area contributed by atoms with E-state index in [1.54, 1.807) is 0 Å². The maximum atomic E-state index is 10.5. The van der Waals surface area contributed by atoms with Crippen molar-refractivity contribution in [2.45, 2.75) is 5.91 Å². The first kappa shape index (κ1) is 17.1. The van der Waals surface area contributed by atoms with Gasteiger partial charge in [0.2, 0.25) is 0 Å². The smallest absolute Gasteiger partial charge is 0.463 e. The third-order valence-corrected chi connectivity index (χ3v) is 1.47. The van der Waals surface area contributed by atoms with Gasteiger partial charge in [0.05, 0.1) is 27.7 Å². The Labute approximate surface area is 91.8 Å². The Morgan fingerprint density at radius 3 is 1.69 bits per heavy atom. The van der Waals surface area contributed by atoms with Gasteiger partial charge in [-0.25, -0.2) is 4.79 Å². The third kappa shape index (κ3) is 5.58. The number of carboxylic acid groups (broad SMARTS) is 1. The van der Waals surface area contributed by atoms with Crippen LogP contribution in [0.25, 0.3) is 0 Å². The van der Waals surface area contributed by atoms with Crippen LogP contribution in [0.2, 0.25) is 0 Å². The monoisotopic (exact) mass is 241 g/mol. The fourth-order valence-corrected chi connectivity index (χ4v) is 0.335. The van der Waals surface area contributed by atoms with Crippen molar-refractivity contribution in [1.82, 2.24) is 0 Å². The van der Waals surface area contributed by atoms with E-state index in [0.717, 1.165) is 0 Å². The van der Waals surface area contributed by atoms with Gasteiger partial charge in [-0.3, -0.25) is 14.2 Å². The Kier molecular flexibility index (Phi) is 6.80. The van der Waals surface area contributed by atoms with Gasteiger partial charge < -0.3 is 21.1 Å². The van der Waals surface area contributed by atoms with Crippen molar-refractivity contribution >= 4 is 11.9 Å². The number of carboxylic acids is 1. The normalized spacial score (nSPS) is 11.2. The quantitative estimate of drug-likeness (QED) is 0.156. The zero-order chi connectivity index (χ0) is 13.6. The van der Waals surface area contributed by atoms with Gasteiger partial charge >= 0.3 is 17.8 Å². The first-order chi connectivity index (χ1) is 7.00. The standard InChI is InChI=1S/C5H11NO5.C2H5NO2/c1-6(2,3)5(8,9)4(7)11-10;3-1-2(4)5/h8-9H,1-3H3;1,3H2,(H,4,5)/p+1. The van der Waals surface area contributed by atoms with Crippen molar-refractivity contribution in [2.75, 3.05) is 27.7 Å². The van der Waals surface area contributed by atoms with Crippen molar-refractivity contribution in [3.05, 3.63) is 0 Å². The molecule has 0 aromatic heterocycles. The number of likely N-dealkylation sites (N-methyl/N-ethyl adjacent to an activating group) is 1. The second-order valence-electron chi connectivity index (χ2n) is 3.62. The highest BCUT2D eigenvalue weighted by atomic mass is 17.1. The zero-order valence-corrected chi connectivity index (χ0v) is 9.25. The van der Waals surface area contributed by atoms with Crippen molar-refractivity contribution in [1.29, 1.82) is 0 Å². The summed E-state index contributed by atoms with van der Waals surface area (Å²) >= 11 is 0. The van der Waals surface area contributed by atoms with Gasteiger partial charge in [0.25, 0.3) is 0 Å².